The van der Waals surface area contributed by atoms with Crippen molar-refractivity contribution in [1.29, 1.82) is 0 Å². The van der Waals surface area contributed by atoms with Crippen molar-refractivity contribution < 1.29 is 14.3 Å². The van der Waals surface area contributed by atoms with Gasteiger partial charge in [0.05, 0.1) is 17.9 Å². The molecule has 1 heterocycles. The number of carbonyl (C=O) groups is 2. The maximum atomic E-state index is 12.4. The number of ether oxygens (including phenoxy) is 1. The molecule has 2 rings (SSSR count). The standard InChI is InChI=1S/C16H17N3O3/c1-3-22-16-12(8-6-10-18-16)15(21)19-13-9-5-4-7-11(13)14(20)17-2/h4-10H,3H2,1-2H3,(H,17,20)(H,19,21). The zero-order valence-electron chi connectivity index (χ0n) is 12.4. The van der Waals surface area contributed by atoms with Crippen LogP contribution in [0.25, 0.3) is 0 Å². The number of hydrogen-bond acceptors (Lipinski definition) is 4. The minimum atomic E-state index is -0.382. The van der Waals surface area contributed by atoms with Crippen LogP contribution in [0.3, 0.4) is 0 Å². The van der Waals surface area contributed by atoms with Crippen molar-refractivity contribution in [2.75, 3.05) is 19.0 Å². The van der Waals surface area contributed by atoms with Crippen LogP contribution < -0.4 is 15.4 Å². The van der Waals surface area contributed by atoms with Gasteiger partial charge in [0.15, 0.2) is 0 Å². The van der Waals surface area contributed by atoms with Gasteiger partial charge in [0, 0.05) is 13.2 Å². The monoisotopic (exact) mass is 299 g/mol. The number of amides is 2. The highest BCUT2D eigenvalue weighted by Gasteiger charge is 2.16. The van der Waals surface area contributed by atoms with E-state index in [0.29, 0.717) is 23.4 Å². The molecule has 0 fully saturated rings. The second kappa shape index (κ2) is 7.21. The lowest BCUT2D eigenvalue weighted by molar-refractivity contribution is 0.0964. The molecule has 114 valence electrons. The van der Waals surface area contributed by atoms with Gasteiger partial charge >= 0.3 is 0 Å². The lowest BCUT2D eigenvalue weighted by Gasteiger charge is -2.12. The zero-order valence-corrected chi connectivity index (χ0v) is 12.4. The molecule has 0 spiro atoms. The third kappa shape index (κ3) is 3.41. The van der Waals surface area contributed by atoms with E-state index < -0.39 is 0 Å². The van der Waals surface area contributed by atoms with Gasteiger partial charge in [-0.2, -0.15) is 0 Å². The fraction of sp³-hybridized carbons (Fsp3) is 0.188. The molecule has 0 atom stereocenters. The van der Waals surface area contributed by atoms with Gasteiger partial charge in [-0.15, -0.1) is 0 Å². The minimum absolute atomic E-state index is 0.264. The summed E-state index contributed by atoms with van der Waals surface area (Å²) in [6.07, 6.45) is 1.56. The molecule has 22 heavy (non-hydrogen) atoms. The number of para-hydroxylation sites is 1. The van der Waals surface area contributed by atoms with Gasteiger partial charge in [-0.25, -0.2) is 4.98 Å². The van der Waals surface area contributed by atoms with Crippen molar-refractivity contribution in [2.45, 2.75) is 6.92 Å². The summed E-state index contributed by atoms with van der Waals surface area (Å²) in [5.74, 6) is -0.389. The summed E-state index contributed by atoms with van der Waals surface area (Å²) < 4.78 is 5.34. The number of carbonyl (C=O) groups excluding carboxylic acids is 2. The summed E-state index contributed by atoms with van der Waals surface area (Å²) >= 11 is 0. The lowest BCUT2D eigenvalue weighted by atomic mass is 10.1. The van der Waals surface area contributed by atoms with Crippen LogP contribution in [0.2, 0.25) is 0 Å². The molecule has 0 saturated carbocycles. The summed E-state index contributed by atoms with van der Waals surface area (Å²) in [5.41, 5.74) is 1.13. The van der Waals surface area contributed by atoms with Crippen molar-refractivity contribution >= 4 is 17.5 Å². The molecule has 0 saturated heterocycles. The van der Waals surface area contributed by atoms with Crippen molar-refractivity contribution in [2.24, 2.45) is 0 Å². The number of anilines is 1. The van der Waals surface area contributed by atoms with E-state index in [2.05, 4.69) is 15.6 Å². The Morgan fingerprint density at radius 2 is 1.82 bits per heavy atom. The molecule has 2 amide bonds. The van der Waals surface area contributed by atoms with Crippen LogP contribution in [-0.4, -0.2) is 30.5 Å². The minimum Gasteiger partial charge on any atom is -0.477 e. The summed E-state index contributed by atoms with van der Waals surface area (Å²) in [7, 11) is 1.54. The maximum Gasteiger partial charge on any atom is 0.261 e. The summed E-state index contributed by atoms with van der Waals surface area (Å²) in [6, 6.07) is 10.1. The van der Waals surface area contributed by atoms with Gasteiger partial charge in [0.2, 0.25) is 5.88 Å². The third-order valence-corrected chi connectivity index (χ3v) is 2.94. The SMILES string of the molecule is CCOc1ncccc1C(=O)Nc1ccccc1C(=O)NC. The molecule has 2 aromatic rings. The number of benzene rings is 1. The van der Waals surface area contributed by atoms with E-state index in [4.69, 9.17) is 4.74 Å². The highest BCUT2D eigenvalue weighted by atomic mass is 16.5. The van der Waals surface area contributed by atoms with Crippen LogP contribution in [0.15, 0.2) is 42.6 Å². The maximum absolute atomic E-state index is 12.4. The fourth-order valence-corrected chi connectivity index (χ4v) is 1.93. The largest absolute Gasteiger partial charge is 0.477 e. The smallest absolute Gasteiger partial charge is 0.261 e. The Kier molecular flexibility index (Phi) is 5.08. The Hall–Kier alpha value is -2.89. The van der Waals surface area contributed by atoms with Gasteiger partial charge in [-0.3, -0.25) is 9.59 Å². The highest BCUT2D eigenvalue weighted by molar-refractivity contribution is 6.09. The molecule has 1 aromatic carbocycles. The zero-order chi connectivity index (χ0) is 15.9. The summed E-state index contributed by atoms with van der Waals surface area (Å²) in [4.78, 5) is 28.3. The molecule has 0 aliphatic carbocycles. The van der Waals surface area contributed by atoms with E-state index in [9.17, 15) is 9.59 Å². The first-order chi connectivity index (χ1) is 10.7. The molecule has 6 nitrogen and oxygen atoms in total. The molecular weight excluding hydrogens is 282 g/mol. The molecule has 0 aliphatic heterocycles. The second-order valence-corrected chi connectivity index (χ2v) is 4.37. The van der Waals surface area contributed by atoms with Gasteiger partial charge in [-0.1, -0.05) is 12.1 Å². The average molecular weight is 299 g/mol. The Bertz CT molecular complexity index is 686. The van der Waals surface area contributed by atoms with Crippen LogP contribution >= 0.6 is 0 Å². The number of rotatable bonds is 5. The van der Waals surface area contributed by atoms with Crippen molar-refractivity contribution in [3.8, 4) is 5.88 Å². The van der Waals surface area contributed by atoms with Crippen LogP contribution in [-0.2, 0) is 0 Å². The average Bonchev–Trinajstić information content (AvgIpc) is 2.55. The highest BCUT2D eigenvalue weighted by Crippen LogP contribution is 2.19. The lowest BCUT2D eigenvalue weighted by Crippen LogP contribution is -2.21. The van der Waals surface area contributed by atoms with E-state index in [0.717, 1.165) is 0 Å². The number of nitrogens with one attached hydrogen (secondary N) is 2. The van der Waals surface area contributed by atoms with E-state index >= 15 is 0 Å². The second-order valence-electron chi connectivity index (χ2n) is 4.37. The van der Waals surface area contributed by atoms with Gasteiger partial charge < -0.3 is 15.4 Å². The molecule has 6 heteroatoms. The topological polar surface area (TPSA) is 80.3 Å². The Labute approximate surface area is 128 Å². The first-order valence-corrected chi connectivity index (χ1v) is 6.87. The summed E-state index contributed by atoms with van der Waals surface area (Å²) in [5, 5.41) is 5.26. The Balaban J connectivity index is 2.28. The van der Waals surface area contributed by atoms with E-state index in [1.54, 1.807) is 42.6 Å². The predicted molar refractivity (Wildman–Crippen MR) is 83.2 cm³/mol. The first kappa shape index (κ1) is 15.5. The number of nitrogens with zero attached hydrogens (tertiary/aromatic N) is 1. The predicted octanol–water partition coefficient (Wildman–Crippen LogP) is 2.09. The van der Waals surface area contributed by atoms with E-state index in [1.165, 1.54) is 7.05 Å². The number of aromatic nitrogens is 1. The van der Waals surface area contributed by atoms with E-state index in [1.807, 2.05) is 6.92 Å². The first-order valence-electron chi connectivity index (χ1n) is 6.87. The van der Waals surface area contributed by atoms with Crippen molar-refractivity contribution in [3.63, 3.8) is 0 Å². The van der Waals surface area contributed by atoms with Crippen LogP contribution in [0, 0.1) is 0 Å². The molecular formula is C16H17N3O3. The molecule has 0 radical (unpaired) electrons. The third-order valence-electron chi connectivity index (χ3n) is 2.94. The number of hydrogen-bond donors (Lipinski definition) is 2. The quantitative estimate of drug-likeness (QED) is 0.886. The molecule has 0 bridgehead atoms. The normalized spacial score (nSPS) is 9.91. The fourth-order valence-electron chi connectivity index (χ4n) is 1.93. The van der Waals surface area contributed by atoms with Crippen LogP contribution in [0.1, 0.15) is 27.6 Å². The van der Waals surface area contributed by atoms with Gasteiger partial charge in [0.1, 0.15) is 5.56 Å². The molecule has 0 unspecified atom stereocenters. The van der Waals surface area contributed by atoms with Gasteiger partial charge in [0.25, 0.3) is 11.8 Å². The van der Waals surface area contributed by atoms with Crippen molar-refractivity contribution in [1.82, 2.24) is 10.3 Å². The Morgan fingerprint density at radius 1 is 1.09 bits per heavy atom. The Morgan fingerprint density at radius 3 is 2.55 bits per heavy atom. The van der Waals surface area contributed by atoms with Crippen LogP contribution in [0.5, 0.6) is 5.88 Å². The van der Waals surface area contributed by atoms with Crippen molar-refractivity contribution in [3.05, 3.63) is 53.7 Å². The molecule has 0 aliphatic rings. The van der Waals surface area contributed by atoms with Crippen LogP contribution in [0.4, 0.5) is 5.69 Å². The van der Waals surface area contributed by atoms with Gasteiger partial charge in [-0.05, 0) is 31.2 Å². The molecule has 1 aromatic heterocycles. The van der Waals surface area contributed by atoms with E-state index in [-0.39, 0.29) is 17.7 Å². The molecule has 2 N–H and O–H groups in total. The summed E-state index contributed by atoms with van der Waals surface area (Å²) in [6.45, 7) is 2.23. The number of pyridine rings is 1.